The fourth-order valence-electron chi connectivity index (χ4n) is 1.84. The van der Waals surface area contributed by atoms with Gasteiger partial charge in [-0.25, -0.2) is 9.13 Å². The summed E-state index contributed by atoms with van der Waals surface area (Å²) in [6.45, 7) is 4.64. The summed E-state index contributed by atoms with van der Waals surface area (Å²) in [6.07, 6.45) is 8.25. The normalized spacial score (nSPS) is 15.4. The maximum Gasteiger partial charge on any atom is 0.256 e. The zero-order chi connectivity index (χ0) is 7.68. The number of nitrogens with zero attached hydrogens (tertiary/aromatic N) is 2. The van der Waals surface area contributed by atoms with Crippen molar-refractivity contribution < 1.29 is 4.57 Å². The second-order valence-corrected chi connectivity index (χ2v) is 3.20. The summed E-state index contributed by atoms with van der Waals surface area (Å²) in [5.41, 5.74) is 0. The first-order valence-electron chi connectivity index (χ1n) is 4.49. The zero-order valence-corrected chi connectivity index (χ0v) is 7.08. The van der Waals surface area contributed by atoms with Gasteiger partial charge < -0.3 is 0 Å². The minimum atomic E-state index is 1.18. The Hall–Kier alpha value is -0.790. The van der Waals surface area contributed by atoms with Gasteiger partial charge in [0.1, 0.15) is 12.4 Å². The smallest absolute Gasteiger partial charge is 0.234 e. The maximum atomic E-state index is 2.38. The van der Waals surface area contributed by atoms with E-state index in [-0.39, 0.29) is 0 Å². The molecule has 0 atom stereocenters. The first-order valence-corrected chi connectivity index (χ1v) is 4.49. The van der Waals surface area contributed by atoms with Crippen LogP contribution in [0.4, 0.5) is 0 Å². The third-order valence-corrected chi connectivity index (χ3v) is 2.35. The predicted octanol–water partition coefficient (Wildman–Crippen LogP) is 1.13. The molecule has 0 aliphatic carbocycles. The molecule has 0 fully saturated rings. The summed E-state index contributed by atoms with van der Waals surface area (Å²) in [5.74, 6) is 1.52. The van der Waals surface area contributed by atoms with Crippen LogP contribution in [0.2, 0.25) is 0 Å². The van der Waals surface area contributed by atoms with Crippen LogP contribution in [0.15, 0.2) is 12.4 Å². The average molecular weight is 151 g/mol. The van der Waals surface area contributed by atoms with E-state index in [2.05, 4.69) is 28.5 Å². The molecule has 2 heteroatoms. The minimum absolute atomic E-state index is 1.18. The molecule has 0 unspecified atom stereocenters. The third kappa shape index (κ3) is 1.06. The van der Waals surface area contributed by atoms with Crippen molar-refractivity contribution >= 4 is 0 Å². The van der Waals surface area contributed by atoms with Crippen molar-refractivity contribution in [2.75, 3.05) is 0 Å². The van der Waals surface area contributed by atoms with E-state index in [1.807, 2.05) is 0 Å². The molecule has 0 radical (unpaired) electrons. The highest BCUT2D eigenvalue weighted by atomic mass is 15.2. The van der Waals surface area contributed by atoms with Gasteiger partial charge in [0, 0.05) is 0 Å². The summed E-state index contributed by atoms with van der Waals surface area (Å²) < 4.78 is 4.75. The van der Waals surface area contributed by atoms with Crippen molar-refractivity contribution in [3.63, 3.8) is 0 Å². The van der Waals surface area contributed by atoms with E-state index >= 15 is 0 Å². The summed E-state index contributed by atoms with van der Waals surface area (Å²) >= 11 is 0. The molecule has 2 nitrogen and oxygen atoms in total. The fourth-order valence-corrected chi connectivity index (χ4v) is 1.84. The lowest BCUT2D eigenvalue weighted by Gasteiger charge is -1.93. The number of aromatic nitrogens is 2. The quantitative estimate of drug-likeness (QED) is 0.560. The van der Waals surface area contributed by atoms with Gasteiger partial charge in [-0.05, 0) is 12.8 Å². The predicted molar refractivity (Wildman–Crippen MR) is 43.2 cm³/mol. The SMILES string of the molecule is CCCn1cc[n+]2c1CCC2. The van der Waals surface area contributed by atoms with Gasteiger partial charge in [-0.15, -0.1) is 0 Å². The fraction of sp³-hybridized carbons (Fsp3) is 0.667. The summed E-state index contributed by atoms with van der Waals surface area (Å²) in [6, 6.07) is 0. The van der Waals surface area contributed by atoms with Gasteiger partial charge in [0.05, 0.1) is 19.5 Å². The van der Waals surface area contributed by atoms with Gasteiger partial charge in [0.25, 0.3) is 5.82 Å². The van der Waals surface area contributed by atoms with Crippen LogP contribution in [0.25, 0.3) is 0 Å². The Morgan fingerprint density at radius 2 is 2.55 bits per heavy atom. The number of hydrogen-bond donors (Lipinski definition) is 0. The molecule has 1 aromatic heterocycles. The van der Waals surface area contributed by atoms with Gasteiger partial charge >= 0.3 is 0 Å². The van der Waals surface area contributed by atoms with E-state index in [0.29, 0.717) is 0 Å². The standard InChI is InChI=1S/C9H15N2/c1-2-5-10-7-8-11-6-3-4-9(10)11/h7-8H,2-6H2,1H3/q+1. The van der Waals surface area contributed by atoms with E-state index < -0.39 is 0 Å². The van der Waals surface area contributed by atoms with Crippen molar-refractivity contribution in [2.24, 2.45) is 0 Å². The van der Waals surface area contributed by atoms with Gasteiger partial charge in [0.15, 0.2) is 0 Å². The molecule has 0 saturated heterocycles. The van der Waals surface area contributed by atoms with Crippen LogP contribution in [-0.4, -0.2) is 4.57 Å². The number of aryl methyl sites for hydroxylation is 2. The molecule has 1 aliphatic heterocycles. The zero-order valence-electron chi connectivity index (χ0n) is 7.08. The van der Waals surface area contributed by atoms with E-state index in [4.69, 9.17) is 0 Å². The van der Waals surface area contributed by atoms with Crippen molar-refractivity contribution in [1.82, 2.24) is 4.57 Å². The summed E-state index contributed by atoms with van der Waals surface area (Å²) in [5, 5.41) is 0. The molecule has 11 heavy (non-hydrogen) atoms. The van der Waals surface area contributed by atoms with Crippen molar-refractivity contribution in [3.8, 4) is 0 Å². The second kappa shape index (κ2) is 2.68. The Morgan fingerprint density at radius 1 is 1.64 bits per heavy atom. The monoisotopic (exact) mass is 151 g/mol. The number of fused-ring (bicyclic) bond motifs is 1. The van der Waals surface area contributed by atoms with Crippen molar-refractivity contribution in [3.05, 3.63) is 18.2 Å². The van der Waals surface area contributed by atoms with Gasteiger partial charge in [0.2, 0.25) is 0 Å². The molecule has 1 aromatic rings. The van der Waals surface area contributed by atoms with Crippen molar-refractivity contribution in [2.45, 2.75) is 39.3 Å². The Balaban J connectivity index is 2.27. The molecule has 2 heterocycles. The van der Waals surface area contributed by atoms with Crippen LogP contribution in [0.3, 0.4) is 0 Å². The molecule has 0 aromatic carbocycles. The van der Waals surface area contributed by atoms with Crippen LogP contribution in [0, 0.1) is 0 Å². The second-order valence-electron chi connectivity index (χ2n) is 3.20. The van der Waals surface area contributed by atoms with Crippen LogP contribution in [0.5, 0.6) is 0 Å². The van der Waals surface area contributed by atoms with E-state index in [9.17, 15) is 0 Å². The topological polar surface area (TPSA) is 8.81 Å². The Labute approximate surface area is 67.5 Å². The molecule has 1 aliphatic rings. The molecule has 0 spiro atoms. The summed E-state index contributed by atoms with van der Waals surface area (Å²) in [4.78, 5) is 0. The van der Waals surface area contributed by atoms with E-state index in [0.717, 1.165) is 0 Å². The molecule has 60 valence electrons. The van der Waals surface area contributed by atoms with Gasteiger partial charge in [-0.2, -0.15) is 0 Å². The molecule has 0 bridgehead atoms. The van der Waals surface area contributed by atoms with Crippen LogP contribution in [0.1, 0.15) is 25.6 Å². The molecule has 0 saturated carbocycles. The largest absolute Gasteiger partial charge is 0.256 e. The van der Waals surface area contributed by atoms with Gasteiger partial charge in [-0.3, -0.25) is 0 Å². The third-order valence-electron chi connectivity index (χ3n) is 2.35. The van der Waals surface area contributed by atoms with Crippen molar-refractivity contribution in [1.29, 1.82) is 0 Å². The van der Waals surface area contributed by atoms with Gasteiger partial charge in [-0.1, -0.05) is 6.92 Å². The highest BCUT2D eigenvalue weighted by Crippen LogP contribution is 2.07. The highest BCUT2D eigenvalue weighted by Gasteiger charge is 2.21. The van der Waals surface area contributed by atoms with E-state index in [1.54, 1.807) is 0 Å². The maximum absolute atomic E-state index is 2.38. The first-order chi connectivity index (χ1) is 5.42. The minimum Gasteiger partial charge on any atom is -0.234 e. The molecular formula is C9H15N2+. The first kappa shape index (κ1) is 6.89. The lowest BCUT2D eigenvalue weighted by molar-refractivity contribution is -0.690. The Morgan fingerprint density at radius 3 is 3.36 bits per heavy atom. The highest BCUT2D eigenvalue weighted by molar-refractivity contribution is 4.86. The van der Waals surface area contributed by atoms with Crippen LogP contribution < -0.4 is 4.57 Å². The van der Waals surface area contributed by atoms with Crippen LogP contribution in [-0.2, 0) is 19.5 Å². The Bertz CT molecular complexity index is 250. The molecule has 2 rings (SSSR count). The molecule has 0 N–H and O–H groups in total. The number of imidazole rings is 1. The molecule has 0 amide bonds. The lowest BCUT2D eigenvalue weighted by atomic mass is 10.3. The van der Waals surface area contributed by atoms with E-state index in [1.165, 1.54) is 38.2 Å². The Kier molecular flexibility index (Phi) is 1.68. The lowest BCUT2D eigenvalue weighted by Crippen LogP contribution is -2.30. The average Bonchev–Trinajstić information content (AvgIpc) is 2.53. The number of rotatable bonds is 2. The molecular weight excluding hydrogens is 136 g/mol. The summed E-state index contributed by atoms with van der Waals surface area (Å²) in [7, 11) is 0. The number of hydrogen-bond acceptors (Lipinski definition) is 0. The van der Waals surface area contributed by atoms with Crippen LogP contribution >= 0.6 is 0 Å².